The van der Waals surface area contributed by atoms with Crippen LogP contribution in [-0.4, -0.2) is 22.8 Å². The van der Waals surface area contributed by atoms with Gasteiger partial charge in [-0.05, 0) is 38.5 Å². The summed E-state index contributed by atoms with van der Waals surface area (Å²) in [5.74, 6) is 0.600. The van der Waals surface area contributed by atoms with Gasteiger partial charge in [0.15, 0.2) is 0 Å². The van der Waals surface area contributed by atoms with Crippen LogP contribution in [0.4, 0.5) is 6.01 Å². The second kappa shape index (κ2) is 6.58. The second-order valence-electron chi connectivity index (χ2n) is 6.06. The Labute approximate surface area is 133 Å². The number of nitrogens with one attached hydrogen (secondary N) is 1. The summed E-state index contributed by atoms with van der Waals surface area (Å²) >= 11 is 3.43. The molecule has 0 aliphatic carbocycles. The number of aromatic nitrogens is 2. The molecule has 6 heteroatoms. The van der Waals surface area contributed by atoms with Crippen LogP contribution in [0.1, 0.15) is 32.2 Å². The maximum absolute atomic E-state index is 5.67. The highest BCUT2D eigenvalue weighted by Crippen LogP contribution is 2.16. The molecule has 1 aromatic carbocycles. The fourth-order valence-electron chi connectivity index (χ4n) is 1.74. The minimum atomic E-state index is 0.0258. The Hall–Kier alpha value is -1.40. The van der Waals surface area contributed by atoms with E-state index in [4.69, 9.17) is 4.42 Å². The van der Waals surface area contributed by atoms with Crippen molar-refractivity contribution in [2.24, 2.45) is 0 Å². The normalized spacial score (nSPS) is 11.7. The average molecular weight is 353 g/mol. The van der Waals surface area contributed by atoms with E-state index in [2.05, 4.69) is 64.3 Å². The van der Waals surface area contributed by atoms with Crippen molar-refractivity contribution in [3.63, 3.8) is 0 Å². The molecule has 1 aromatic heterocycles. The van der Waals surface area contributed by atoms with E-state index in [0.717, 1.165) is 11.0 Å². The third-order valence-electron chi connectivity index (χ3n) is 2.89. The molecule has 1 N–H and O–H groups in total. The van der Waals surface area contributed by atoms with Crippen LogP contribution in [0.3, 0.4) is 0 Å². The van der Waals surface area contributed by atoms with E-state index in [-0.39, 0.29) is 5.54 Å². The van der Waals surface area contributed by atoms with Crippen LogP contribution < -0.4 is 10.2 Å². The Morgan fingerprint density at radius 1 is 1.19 bits per heavy atom. The van der Waals surface area contributed by atoms with Gasteiger partial charge >= 0.3 is 6.01 Å². The molecule has 0 bridgehead atoms. The quantitative estimate of drug-likeness (QED) is 0.893. The minimum Gasteiger partial charge on any atom is -0.407 e. The molecular weight excluding hydrogens is 332 g/mol. The number of nitrogens with zero attached hydrogens (tertiary/aromatic N) is 3. The van der Waals surface area contributed by atoms with Gasteiger partial charge in [-0.2, -0.15) is 0 Å². The first kappa shape index (κ1) is 16.0. The molecule has 21 heavy (non-hydrogen) atoms. The van der Waals surface area contributed by atoms with Gasteiger partial charge < -0.3 is 14.6 Å². The SMILES string of the molecule is CN(Cc1ccc(Br)cc1)c1nnc(CNC(C)(C)C)o1. The third kappa shape index (κ3) is 5.13. The van der Waals surface area contributed by atoms with Crippen LogP contribution in [0, 0.1) is 0 Å². The number of halogens is 1. The lowest BCUT2D eigenvalue weighted by atomic mass is 10.1. The van der Waals surface area contributed by atoms with Crippen LogP contribution >= 0.6 is 15.9 Å². The van der Waals surface area contributed by atoms with Gasteiger partial charge in [-0.3, -0.25) is 0 Å². The second-order valence-corrected chi connectivity index (χ2v) is 6.98. The van der Waals surface area contributed by atoms with Gasteiger partial charge in [0, 0.05) is 23.6 Å². The van der Waals surface area contributed by atoms with Crippen LogP contribution in [0.25, 0.3) is 0 Å². The van der Waals surface area contributed by atoms with Gasteiger partial charge in [0.2, 0.25) is 5.89 Å². The molecule has 2 rings (SSSR count). The third-order valence-corrected chi connectivity index (χ3v) is 3.41. The van der Waals surface area contributed by atoms with Gasteiger partial charge in [0.05, 0.1) is 6.54 Å². The largest absolute Gasteiger partial charge is 0.407 e. The predicted octanol–water partition coefficient (Wildman–Crippen LogP) is 3.36. The zero-order valence-corrected chi connectivity index (χ0v) is 14.4. The summed E-state index contributed by atoms with van der Waals surface area (Å²) < 4.78 is 6.74. The van der Waals surface area contributed by atoms with Crippen LogP contribution in [0.5, 0.6) is 0 Å². The minimum absolute atomic E-state index is 0.0258. The first-order chi connectivity index (χ1) is 9.83. The molecule has 1 heterocycles. The number of hydrogen-bond acceptors (Lipinski definition) is 5. The zero-order valence-electron chi connectivity index (χ0n) is 12.9. The van der Waals surface area contributed by atoms with Crippen molar-refractivity contribution < 1.29 is 4.42 Å². The van der Waals surface area contributed by atoms with Crippen molar-refractivity contribution in [2.75, 3.05) is 11.9 Å². The van der Waals surface area contributed by atoms with E-state index >= 15 is 0 Å². The van der Waals surface area contributed by atoms with Gasteiger partial charge in [0.1, 0.15) is 0 Å². The van der Waals surface area contributed by atoms with Gasteiger partial charge in [0.25, 0.3) is 0 Å². The lowest BCUT2D eigenvalue weighted by Gasteiger charge is -2.18. The summed E-state index contributed by atoms with van der Waals surface area (Å²) in [4.78, 5) is 1.94. The van der Waals surface area contributed by atoms with Crippen LogP contribution in [0.15, 0.2) is 33.2 Å². The molecule has 114 valence electrons. The molecule has 0 aliphatic heterocycles. The zero-order chi connectivity index (χ0) is 15.5. The molecule has 0 radical (unpaired) electrons. The van der Waals surface area contributed by atoms with E-state index in [1.807, 2.05) is 24.1 Å². The van der Waals surface area contributed by atoms with E-state index in [0.29, 0.717) is 18.5 Å². The smallest absolute Gasteiger partial charge is 0.318 e. The van der Waals surface area contributed by atoms with Crippen molar-refractivity contribution in [3.8, 4) is 0 Å². The Bertz CT molecular complexity index is 574. The lowest BCUT2D eigenvalue weighted by Crippen LogP contribution is -2.35. The number of anilines is 1. The van der Waals surface area contributed by atoms with E-state index in [1.165, 1.54) is 5.56 Å². The predicted molar refractivity (Wildman–Crippen MR) is 87.1 cm³/mol. The lowest BCUT2D eigenvalue weighted by molar-refractivity contribution is 0.381. The highest BCUT2D eigenvalue weighted by atomic mass is 79.9. The highest BCUT2D eigenvalue weighted by Gasteiger charge is 2.14. The van der Waals surface area contributed by atoms with Crippen molar-refractivity contribution in [3.05, 3.63) is 40.2 Å². The Morgan fingerprint density at radius 2 is 1.86 bits per heavy atom. The summed E-state index contributed by atoms with van der Waals surface area (Å²) in [5.41, 5.74) is 1.21. The van der Waals surface area contributed by atoms with Gasteiger partial charge in [-0.1, -0.05) is 33.2 Å². The molecule has 0 spiro atoms. The van der Waals surface area contributed by atoms with Crippen molar-refractivity contribution in [1.29, 1.82) is 0 Å². The number of benzene rings is 1. The number of hydrogen-bond donors (Lipinski definition) is 1. The Kier molecular flexibility index (Phi) is 5.00. The Balaban J connectivity index is 1.95. The first-order valence-electron chi connectivity index (χ1n) is 6.86. The molecule has 2 aromatic rings. The molecular formula is C15H21BrN4O. The Morgan fingerprint density at radius 3 is 2.48 bits per heavy atom. The molecule has 0 aliphatic rings. The molecule has 0 saturated heterocycles. The maximum atomic E-state index is 5.67. The molecule has 0 fully saturated rings. The highest BCUT2D eigenvalue weighted by molar-refractivity contribution is 9.10. The van der Waals surface area contributed by atoms with E-state index in [1.54, 1.807) is 0 Å². The number of rotatable bonds is 5. The van der Waals surface area contributed by atoms with Crippen molar-refractivity contribution in [1.82, 2.24) is 15.5 Å². The molecule has 0 saturated carbocycles. The van der Waals surface area contributed by atoms with Gasteiger partial charge in [-0.25, -0.2) is 0 Å². The topological polar surface area (TPSA) is 54.2 Å². The molecule has 0 atom stereocenters. The average Bonchev–Trinajstić information content (AvgIpc) is 2.87. The van der Waals surface area contributed by atoms with Gasteiger partial charge in [-0.15, -0.1) is 5.10 Å². The first-order valence-corrected chi connectivity index (χ1v) is 7.66. The summed E-state index contributed by atoms with van der Waals surface area (Å²) in [7, 11) is 1.94. The molecule has 0 amide bonds. The monoisotopic (exact) mass is 352 g/mol. The summed E-state index contributed by atoms with van der Waals surface area (Å²) in [6.07, 6.45) is 0. The standard InChI is InChI=1S/C15H21BrN4O/c1-15(2,3)17-9-13-18-19-14(21-13)20(4)10-11-5-7-12(16)8-6-11/h5-8,17H,9-10H2,1-4H3. The van der Waals surface area contributed by atoms with Crippen LogP contribution in [0.2, 0.25) is 0 Å². The summed E-state index contributed by atoms with van der Waals surface area (Å²) in [6.45, 7) is 7.60. The summed E-state index contributed by atoms with van der Waals surface area (Å²) in [6, 6.07) is 8.72. The molecule has 0 unspecified atom stereocenters. The molecule has 5 nitrogen and oxygen atoms in total. The van der Waals surface area contributed by atoms with E-state index in [9.17, 15) is 0 Å². The van der Waals surface area contributed by atoms with Crippen molar-refractivity contribution in [2.45, 2.75) is 39.4 Å². The van der Waals surface area contributed by atoms with Crippen molar-refractivity contribution >= 4 is 21.9 Å². The fraction of sp³-hybridized carbons (Fsp3) is 0.467. The van der Waals surface area contributed by atoms with E-state index < -0.39 is 0 Å². The fourth-order valence-corrected chi connectivity index (χ4v) is 2.01. The maximum Gasteiger partial charge on any atom is 0.318 e. The van der Waals surface area contributed by atoms with Crippen LogP contribution in [-0.2, 0) is 13.1 Å². The summed E-state index contributed by atoms with van der Waals surface area (Å²) in [5, 5.41) is 11.5.